The van der Waals surface area contributed by atoms with Crippen molar-refractivity contribution in [3.63, 3.8) is 0 Å². The van der Waals surface area contributed by atoms with Gasteiger partial charge in [-0.25, -0.2) is 0 Å². The Morgan fingerprint density at radius 2 is 1.97 bits per heavy atom. The summed E-state index contributed by atoms with van der Waals surface area (Å²) in [6, 6.07) is 18.3. The third kappa shape index (κ3) is 4.14. The van der Waals surface area contributed by atoms with E-state index in [1.807, 2.05) is 36.4 Å². The van der Waals surface area contributed by atoms with E-state index in [0.717, 1.165) is 11.3 Å². The summed E-state index contributed by atoms with van der Waals surface area (Å²) in [5.74, 6) is 1.64. The van der Waals surface area contributed by atoms with Gasteiger partial charge in [0.15, 0.2) is 0 Å². The van der Waals surface area contributed by atoms with Crippen molar-refractivity contribution in [3.8, 4) is 5.75 Å². The van der Waals surface area contributed by atoms with Gasteiger partial charge in [0.2, 0.25) is 5.91 Å². The van der Waals surface area contributed by atoms with Crippen molar-refractivity contribution in [2.24, 2.45) is 0 Å². The monoisotopic (exact) mass is 408 g/mol. The lowest BCUT2D eigenvalue weighted by atomic mass is 10.1. The van der Waals surface area contributed by atoms with Crippen LogP contribution >= 0.6 is 11.8 Å². The number of carbonyl (C=O) groups excluding carboxylic acids is 2. The molecule has 2 heterocycles. The molecule has 0 bridgehead atoms. The molecule has 7 heteroatoms. The molecule has 0 unspecified atom stereocenters. The fourth-order valence-electron chi connectivity index (χ4n) is 3.21. The largest absolute Gasteiger partial charge is 0.495 e. The van der Waals surface area contributed by atoms with E-state index in [1.54, 1.807) is 54.3 Å². The molecule has 0 aliphatic carbocycles. The van der Waals surface area contributed by atoms with Gasteiger partial charge in [0.25, 0.3) is 5.91 Å². The summed E-state index contributed by atoms with van der Waals surface area (Å²) in [5, 5.41) is 2.77. The van der Waals surface area contributed by atoms with Crippen LogP contribution in [0.5, 0.6) is 5.75 Å². The summed E-state index contributed by atoms with van der Waals surface area (Å²) >= 11 is 1.57. The quantitative estimate of drug-likeness (QED) is 0.658. The van der Waals surface area contributed by atoms with Crippen LogP contribution < -0.4 is 10.1 Å². The van der Waals surface area contributed by atoms with Gasteiger partial charge in [-0.1, -0.05) is 24.3 Å². The zero-order valence-corrected chi connectivity index (χ0v) is 16.6. The van der Waals surface area contributed by atoms with E-state index in [2.05, 4.69) is 5.32 Å². The maximum absolute atomic E-state index is 12.6. The van der Waals surface area contributed by atoms with Crippen LogP contribution in [0.25, 0.3) is 0 Å². The average Bonchev–Trinajstić information content (AvgIpc) is 3.39. The number of carbonyl (C=O) groups is 2. The van der Waals surface area contributed by atoms with Gasteiger partial charge in [0.05, 0.1) is 31.4 Å². The molecule has 29 heavy (non-hydrogen) atoms. The molecule has 6 nitrogen and oxygen atoms in total. The topological polar surface area (TPSA) is 71.8 Å². The molecule has 2 aromatic carbocycles. The Morgan fingerprint density at radius 3 is 2.69 bits per heavy atom. The van der Waals surface area contributed by atoms with Gasteiger partial charge >= 0.3 is 0 Å². The number of nitrogens with zero attached hydrogens (tertiary/aromatic N) is 1. The molecular formula is C22H20N2O4S. The predicted octanol–water partition coefficient (Wildman–Crippen LogP) is 4.31. The highest BCUT2D eigenvalue weighted by molar-refractivity contribution is 8.00. The third-order valence-corrected chi connectivity index (χ3v) is 5.94. The molecule has 148 valence electrons. The molecule has 1 aliphatic heterocycles. The molecule has 1 saturated heterocycles. The van der Waals surface area contributed by atoms with E-state index in [9.17, 15) is 9.59 Å². The summed E-state index contributed by atoms with van der Waals surface area (Å²) in [7, 11) is 1.56. The Morgan fingerprint density at radius 1 is 1.17 bits per heavy atom. The minimum Gasteiger partial charge on any atom is -0.495 e. The number of anilines is 1. The highest BCUT2D eigenvalue weighted by Gasteiger charge is 2.33. The van der Waals surface area contributed by atoms with E-state index >= 15 is 0 Å². The van der Waals surface area contributed by atoms with Crippen LogP contribution in [-0.2, 0) is 11.3 Å². The summed E-state index contributed by atoms with van der Waals surface area (Å²) in [4.78, 5) is 26.7. The first-order chi connectivity index (χ1) is 14.2. The number of ether oxygens (including phenoxy) is 1. The lowest BCUT2D eigenvalue weighted by Crippen LogP contribution is -2.27. The predicted molar refractivity (Wildman–Crippen MR) is 112 cm³/mol. The van der Waals surface area contributed by atoms with Crippen LogP contribution in [0.15, 0.2) is 71.3 Å². The molecule has 4 rings (SSSR count). The first-order valence-electron chi connectivity index (χ1n) is 9.13. The van der Waals surface area contributed by atoms with Crippen LogP contribution in [0.4, 0.5) is 5.69 Å². The number of methoxy groups -OCH3 is 1. The van der Waals surface area contributed by atoms with Crippen molar-refractivity contribution in [1.29, 1.82) is 0 Å². The van der Waals surface area contributed by atoms with Gasteiger partial charge < -0.3 is 19.4 Å². The number of amides is 2. The van der Waals surface area contributed by atoms with E-state index in [-0.39, 0.29) is 17.2 Å². The van der Waals surface area contributed by atoms with E-state index < -0.39 is 0 Å². The van der Waals surface area contributed by atoms with Crippen LogP contribution in [0.2, 0.25) is 0 Å². The lowest BCUT2D eigenvalue weighted by molar-refractivity contribution is -0.128. The molecule has 0 spiro atoms. The van der Waals surface area contributed by atoms with Crippen LogP contribution in [0.3, 0.4) is 0 Å². The van der Waals surface area contributed by atoms with Crippen molar-refractivity contribution in [2.75, 3.05) is 18.2 Å². The SMILES string of the molecule is COc1ccccc1NC(=O)c1ccc([C@@H]2SCC(=O)N2Cc2ccco2)cc1. The lowest BCUT2D eigenvalue weighted by Gasteiger charge is -2.23. The second-order valence-electron chi connectivity index (χ2n) is 6.54. The number of para-hydroxylation sites is 2. The van der Waals surface area contributed by atoms with Crippen molar-refractivity contribution in [2.45, 2.75) is 11.9 Å². The molecule has 1 fully saturated rings. The fourth-order valence-corrected chi connectivity index (χ4v) is 4.40. The zero-order chi connectivity index (χ0) is 20.2. The fraction of sp³-hybridized carbons (Fsp3) is 0.182. The normalized spacial score (nSPS) is 16.1. The van der Waals surface area contributed by atoms with Crippen molar-refractivity contribution in [3.05, 3.63) is 83.8 Å². The number of thioether (sulfide) groups is 1. The zero-order valence-electron chi connectivity index (χ0n) is 15.8. The summed E-state index contributed by atoms with van der Waals surface area (Å²) < 4.78 is 10.7. The highest BCUT2D eigenvalue weighted by atomic mass is 32.2. The molecule has 1 atom stereocenters. The summed E-state index contributed by atoms with van der Waals surface area (Å²) in [5.41, 5.74) is 2.12. The first kappa shape index (κ1) is 19.1. The Hall–Kier alpha value is -3.19. The smallest absolute Gasteiger partial charge is 0.255 e. The Labute approximate surface area is 172 Å². The standard InChI is InChI=1S/C22H20N2O4S/c1-27-19-7-3-2-6-18(19)23-21(26)15-8-10-16(11-9-15)22-24(20(25)14-29-22)13-17-5-4-12-28-17/h2-12,22H,13-14H2,1H3,(H,23,26)/t22-/m0/s1. The van der Waals surface area contributed by atoms with Crippen molar-refractivity contribution in [1.82, 2.24) is 4.90 Å². The highest BCUT2D eigenvalue weighted by Crippen LogP contribution is 2.39. The number of nitrogens with one attached hydrogen (secondary N) is 1. The molecular weight excluding hydrogens is 388 g/mol. The minimum atomic E-state index is -0.219. The Balaban J connectivity index is 1.48. The third-order valence-electron chi connectivity index (χ3n) is 4.69. The number of hydrogen-bond acceptors (Lipinski definition) is 5. The van der Waals surface area contributed by atoms with Gasteiger partial charge in [-0.2, -0.15) is 0 Å². The minimum absolute atomic E-state index is 0.0781. The number of rotatable bonds is 6. The molecule has 3 aromatic rings. The van der Waals surface area contributed by atoms with Crippen molar-refractivity contribution >= 4 is 29.3 Å². The van der Waals surface area contributed by atoms with E-state index in [0.29, 0.717) is 29.3 Å². The van der Waals surface area contributed by atoms with Crippen LogP contribution in [0.1, 0.15) is 27.1 Å². The maximum Gasteiger partial charge on any atom is 0.255 e. The van der Waals surface area contributed by atoms with Gasteiger partial charge in [0, 0.05) is 5.56 Å². The van der Waals surface area contributed by atoms with Crippen LogP contribution in [-0.4, -0.2) is 29.6 Å². The molecule has 1 N–H and O–H groups in total. The number of furan rings is 1. The van der Waals surface area contributed by atoms with E-state index in [1.165, 1.54) is 0 Å². The maximum atomic E-state index is 12.6. The van der Waals surface area contributed by atoms with Gasteiger partial charge in [-0.3, -0.25) is 9.59 Å². The number of benzene rings is 2. The average molecular weight is 408 g/mol. The van der Waals surface area contributed by atoms with E-state index in [4.69, 9.17) is 9.15 Å². The molecule has 1 aromatic heterocycles. The summed E-state index contributed by atoms with van der Waals surface area (Å²) in [6.45, 7) is 0.430. The molecule has 0 radical (unpaired) electrons. The first-order valence-corrected chi connectivity index (χ1v) is 10.2. The number of hydrogen-bond donors (Lipinski definition) is 1. The van der Waals surface area contributed by atoms with Gasteiger partial charge in [-0.15, -0.1) is 11.8 Å². The Bertz CT molecular complexity index is 1000. The molecule has 0 saturated carbocycles. The van der Waals surface area contributed by atoms with Gasteiger partial charge in [-0.05, 0) is 42.0 Å². The van der Waals surface area contributed by atoms with Crippen molar-refractivity contribution < 1.29 is 18.7 Å². The molecule has 1 aliphatic rings. The second kappa shape index (κ2) is 8.45. The Kier molecular flexibility index (Phi) is 5.57. The van der Waals surface area contributed by atoms with Crippen LogP contribution in [0, 0.1) is 0 Å². The summed E-state index contributed by atoms with van der Waals surface area (Å²) in [6.07, 6.45) is 1.60. The van der Waals surface area contributed by atoms with Gasteiger partial charge in [0.1, 0.15) is 16.9 Å². The second-order valence-corrected chi connectivity index (χ2v) is 7.61. The molecule has 2 amide bonds.